The first-order valence-corrected chi connectivity index (χ1v) is 11.2. The lowest BCUT2D eigenvalue weighted by Gasteiger charge is -2.19. The van der Waals surface area contributed by atoms with E-state index in [4.69, 9.17) is 4.74 Å². The summed E-state index contributed by atoms with van der Waals surface area (Å²) in [6.45, 7) is 3.24. The SMILES string of the molecule is Cc1cccc(NC(=O)COC(=O)c2ccc3c(c2)S(=O)(=O)c2ccccc2C3=O)c1C. The van der Waals surface area contributed by atoms with Gasteiger partial charge in [-0.15, -0.1) is 0 Å². The molecule has 0 unspecified atom stereocenters. The number of rotatable bonds is 4. The highest BCUT2D eigenvalue weighted by Crippen LogP contribution is 2.34. The van der Waals surface area contributed by atoms with E-state index in [1.165, 1.54) is 30.3 Å². The quantitative estimate of drug-likeness (QED) is 0.478. The Labute approximate surface area is 185 Å². The first-order chi connectivity index (χ1) is 15.2. The van der Waals surface area contributed by atoms with Crippen LogP contribution in [0.1, 0.15) is 37.4 Å². The Balaban J connectivity index is 1.52. The third kappa shape index (κ3) is 3.69. The first-order valence-electron chi connectivity index (χ1n) is 9.76. The Morgan fingerprint density at radius 2 is 1.62 bits per heavy atom. The summed E-state index contributed by atoms with van der Waals surface area (Å²) in [6.07, 6.45) is 0. The van der Waals surface area contributed by atoms with Gasteiger partial charge in [-0.1, -0.05) is 24.3 Å². The van der Waals surface area contributed by atoms with Gasteiger partial charge < -0.3 is 10.1 Å². The van der Waals surface area contributed by atoms with Crippen molar-refractivity contribution in [3.63, 3.8) is 0 Å². The van der Waals surface area contributed by atoms with Crippen LogP contribution >= 0.6 is 0 Å². The molecular formula is C24H19NO6S. The van der Waals surface area contributed by atoms with Crippen molar-refractivity contribution >= 4 is 33.2 Å². The Bertz CT molecular complexity index is 1390. The van der Waals surface area contributed by atoms with Gasteiger partial charge in [-0.3, -0.25) is 9.59 Å². The summed E-state index contributed by atoms with van der Waals surface area (Å²) < 4.78 is 31.0. The molecule has 0 saturated heterocycles. The molecule has 3 aromatic rings. The number of carbonyl (C=O) groups excluding carboxylic acids is 3. The number of hydrogen-bond acceptors (Lipinski definition) is 6. The maximum Gasteiger partial charge on any atom is 0.338 e. The molecule has 1 N–H and O–H groups in total. The van der Waals surface area contributed by atoms with E-state index in [-0.39, 0.29) is 26.5 Å². The fourth-order valence-corrected chi connectivity index (χ4v) is 5.18. The van der Waals surface area contributed by atoms with E-state index < -0.39 is 34.1 Å². The van der Waals surface area contributed by atoms with Gasteiger partial charge in [0.15, 0.2) is 12.4 Å². The van der Waals surface area contributed by atoms with Crippen LogP contribution in [0.5, 0.6) is 0 Å². The van der Waals surface area contributed by atoms with Gasteiger partial charge in [-0.25, -0.2) is 13.2 Å². The van der Waals surface area contributed by atoms with Gasteiger partial charge in [0.05, 0.1) is 15.4 Å². The van der Waals surface area contributed by atoms with Crippen molar-refractivity contribution in [1.29, 1.82) is 0 Å². The van der Waals surface area contributed by atoms with Crippen LogP contribution < -0.4 is 5.32 Å². The number of nitrogens with one attached hydrogen (secondary N) is 1. The van der Waals surface area contributed by atoms with Gasteiger partial charge in [0, 0.05) is 16.8 Å². The topological polar surface area (TPSA) is 107 Å². The Morgan fingerprint density at radius 1 is 0.906 bits per heavy atom. The fourth-order valence-electron chi connectivity index (χ4n) is 3.50. The van der Waals surface area contributed by atoms with Crippen LogP contribution in [-0.2, 0) is 19.4 Å². The van der Waals surface area contributed by atoms with Crippen LogP contribution in [0.3, 0.4) is 0 Å². The lowest BCUT2D eigenvalue weighted by Crippen LogP contribution is -2.23. The molecule has 1 aliphatic rings. The third-order valence-electron chi connectivity index (χ3n) is 5.39. The summed E-state index contributed by atoms with van der Waals surface area (Å²) in [6, 6.07) is 15.1. The number of sulfone groups is 1. The molecule has 0 fully saturated rings. The number of fused-ring (bicyclic) bond motifs is 2. The van der Waals surface area contributed by atoms with Gasteiger partial charge >= 0.3 is 5.97 Å². The van der Waals surface area contributed by atoms with Crippen LogP contribution in [0.25, 0.3) is 0 Å². The summed E-state index contributed by atoms with van der Waals surface area (Å²) in [5, 5.41) is 2.68. The van der Waals surface area contributed by atoms with E-state index in [9.17, 15) is 22.8 Å². The van der Waals surface area contributed by atoms with E-state index in [2.05, 4.69) is 5.32 Å². The standard InChI is InChI=1S/C24H19NO6S/c1-14-6-5-8-19(15(14)2)25-22(26)13-31-24(28)16-10-11-18-21(12-16)32(29,30)20-9-4-3-7-17(20)23(18)27/h3-12H,13H2,1-2H3,(H,25,26). The lowest BCUT2D eigenvalue weighted by molar-refractivity contribution is -0.119. The zero-order valence-corrected chi connectivity index (χ0v) is 18.2. The molecule has 0 radical (unpaired) electrons. The van der Waals surface area contributed by atoms with E-state index >= 15 is 0 Å². The summed E-state index contributed by atoms with van der Waals surface area (Å²) in [4.78, 5) is 37.0. The number of amides is 1. The monoisotopic (exact) mass is 449 g/mol. The second kappa shape index (κ2) is 8.05. The smallest absolute Gasteiger partial charge is 0.338 e. The van der Waals surface area contributed by atoms with Crippen LogP contribution in [0.4, 0.5) is 5.69 Å². The highest BCUT2D eigenvalue weighted by Gasteiger charge is 2.35. The van der Waals surface area contributed by atoms with Crippen molar-refractivity contribution in [2.24, 2.45) is 0 Å². The van der Waals surface area contributed by atoms with Gasteiger partial charge in [0.25, 0.3) is 5.91 Å². The van der Waals surface area contributed by atoms with Crippen molar-refractivity contribution in [2.45, 2.75) is 23.6 Å². The average molecular weight is 449 g/mol. The number of anilines is 1. The van der Waals surface area contributed by atoms with Crippen molar-refractivity contribution in [3.05, 3.63) is 88.5 Å². The molecule has 4 rings (SSSR count). The molecule has 1 amide bonds. The zero-order valence-electron chi connectivity index (χ0n) is 17.3. The number of ether oxygens (including phenoxy) is 1. The van der Waals surface area contributed by atoms with Gasteiger partial charge in [0.2, 0.25) is 9.84 Å². The van der Waals surface area contributed by atoms with Crippen molar-refractivity contribution in [3.8, 4) is 0 Å². The van der Waals surface area contributed by atoms with Crippen LogP contribution in [0.15, 0.2) is 70.5 Å². The predicted molar refractivity (Wildman–Crippen MR) is 117 cm³/mol. The second-order valence-corrected chi connectivity index (χ2v) is 9.30. The predicted octanol–water partition coefficient (Wildman–Crippen LogP) is 3.48. The Morgan fingerprint density at radius 3 is 2.41 bits per heavy atom. The van der Waals surface area contributed by atoms with Crippen LogP contribution in [-0.4, -0.2) is 32.7 Å². The molecule has 0 aliphatic carbocycles. The van der Waals surface area contributed by atoms with E-state index in [0.717, 1.165) is 17.2 Å². The highest BCUT2D eigenvalue weighted by atomic mass is 32.2. The molecule has 0 aromatic heterocycles. The minimum Gasteiger partial charge on any atom is -0.452 e. The number of ketones is 1. The third-order valence-corrected chi connectivity index (χ3v) is 7.24. The molecule has 3 aromatic carbocycles. The molecule has 1 aliphatic heterocycles. The second-order valence-electron chi connectivity index (χ2n) is 7.41. The maximum absolute atomic E-state index is 13.0. The van der Waals surface area contributed by atoms with Crippen molar-refractivity contribution in [1.82, 2.24) is 0 Å². The summed E-state index contributed by atoms with van der Waals surface area (Å²) in [7, 11) is -3.98. The highest BCUT2D eigenvalue weighted by molar-refractivity contribution is 7.91. The molecule has 0 spiro atoms. The number of carbonyl (C=O) groups is 3. The molecule has 32 heavy (non-hydrogen) atoms. The molecular weight excluding hydrogens is 430 g/mol. The molecule has 7 nitrogen and oxygen atoms in total. The minimum atomic E-state index is -3.98. The zero-order chi connectivity index (χ0) is 23.0. The molecule has 0 saturated carbocycles. The van der Waals surface area contributed by atoms with Gasteiger partial charge in [-0.2, -0.15) is 0 Å². The Hall–Kier alpha value is -3.78. The minimum absolute atomic E-state index is 0.00656. The largest absolute Gasteiger partial charge is 0.452 e. The van der Waals surface area contributed by atoms with Gasteiger partial charge in [0.1, 0.15) is 0 Å². The normalized spacial score (nSPS) is 13.6. The van der Waals surface area contributed by atoms with E-state index in [0.29, 0.717) is 5.69 Å². The first kappa shape index (κ1) is 21.5. The molecule has 0 bridgehead atoms. The van der Waals surface area contributed by atoms with Crippen LogP contribution in [0, 0.1) is 13.8 Å². The summed E-state index contributed by atoms with van der Waals surface area (Å²) in [5.41, 5.74) is 2.54. The summed E-state index contributed by atoms with van der Waals surface area (Å²) in [5.74, 6) is -1.83. The number of benzene rings is 3. The van der Waals surface area contributed by atoms with E-state index in [1.807, 2.05) is 19.9 Å². The average Bonchev–Trinajstić information content (AvgIpc) is 2.79. The molecule has 0 atom stereocenters. The number of hydrogen-bond donors (Lipinski definition) is 1. The summed E-state index contributed by atoms with van der Waals surface area (Å²) >= 11 is 0. The molecule has 1 heterocycles. The number of esters is 1. The van der Waals surface area contributed by atoms with Crippen LogP contribution in [0.2, 0.25) is 0 Å². The van der Waals surface area contributed by atoms with Crippen molar-refractivity contribution < 1.29 is 27.5 Å². The fraction of sp³-hybridized carbons (Fsp3) is 0.125. The lowest BCUT2D eigenvalue weighted by atomic mass is 10.0. The van der Waals surface area contributed by atoms with E-state index in [1.54, 1.807) is 18.2 Å². The molecule has 8 heteroatoms. The van der Waals surface area contributed by atoms with Crippen molar-refractivity contribution in [2.75, 3.05) is 11.9 Å². The maximum atomic E-state index is 13.0. The molecule has 162 valence electrons. The van der Waals surface area contributed by atoms with Gasteiger partial charge in [-0.05, 0) is 61.4 Å². The number of aryl methyl sites for hydroxylation is 1. The Kier molecular flexibility index (Phi) is 5.40.